The number of ether oxygens (including phenoxy) is 1. The fourth-order valence-corrected chi connectivity index (χ4v) is 4.02. The van der Waals surface area contributed by atoms with Crippen LogP contribution in [-0.4, -0.2) is 43.0 Å². The maximum atomic E-state index is 14.5. The minimum Gasteiger partial charge on any atom is -0.480 e. The fraction of sp³-hybridized carbons (Fsp3) is 0.259. The highest BCUT2D eigenvalue weighted by Gasteiger charge is 2.45. The zero-order valence-corrected chi connectivity index (χ0v) is 21.2. The third kappa shape index (κ3) is 6.52. The number of aliphatic carboxylic acids is 1. The SMILES string of the molecule is CCc1ccc(-n2ccc(C)n2)c(C(Oc2cc(-c3ccc(CC(N)C(=O)O)cc3)nc(N)n2)C(F)(F)F)c1. The molecule has 2 heterocycles. The van der Waals surface area contributed by atoms with Crippen LogP contribution in [0.4, 0.5) is 19.1 Å². The van der Waals surface area contributed by atoms with Crippen LogP contribution in [0.5, 0.6) is 5.88 Å². The second-order valence-corrected chi connectivity index (χ2v) is 8.98. The molecular formula is C27H27F3N6O3. The van der Waals surface area contributed by atoms with Gasteiger partial charge in [-0.05, 0) is 49.1 Å². The Labute approximate surface area is 222 Å². The minimum absolute atomic E-state index is 0.109. The molecule has 39 heavy (non-hydrogen) atoms. The van der Waals surface area contributed by atoms with E-state index in [1.165, 1.54) is 16.8 Å². The van der Waals surface area contributed by atoms with Gasteiger partial charge in [0.05, 0.1) is 17.1 Å². The van der Waals surface area contributed by atoms with E-state index in [0.29, 0.717) is 28.8 Å². The van der Waals surface area contributed by atoms with Gasteiger partial charge in [0.25, 0.3) is 0 Å². The summed E-state index contributed by atoms with van der Waals surface area (Å²) in [6.07, 6.45) is -4.95. The normalized spacial score (nSPS) is 13.2. The van der Waals surface area contributed by atoms with Gasteiger partial charge in [0.15, 0.2) is 0 Å². The van der Waals surface area contributed by atoms with E-state index in [-0.39, 0.29) is 35.2 Å². The summed E-state index contributed by atoms with van der Waals surface area (Å²) in [6, 6.07) is 13.3. The molecule has 2 unspecified atom stereocenters. The number of carboxylic acids is 1. The van der Waals surface area contributed by atoms with Crippen molar-refractivity contribution in [3.8, 4) is 22.8 Å². The Morgan fingerprint density at radius 2 is 1.77 bits per heavy atom. The molecule has 2 aromatic carbocycles. The van der Waals surface area contributed by atoms with Gasteiger partial charge in [-0.1, -0.05) is 37.3 Å². The van der Waals surface area contributed by atoms with E-state index in [4.69, 9.17) is 21.3 Å². The number of aryl methyl sites for hydroxylation is 2. The molecule has 4 aromatic rings. The van der Waals surface area contributed by atoms with Crippen LogP contribution < -0.4 is 16.2 Å². The predicted octanol–water partition coefficient (Wildman–Crippen LogP) is 4.42. The molecule has 9 nitrogen and oxygen atoms in total. The molecule has 0 saturated heterocycles. The van der Waals surface area contributed by atoms with Crippen molar-refractivity contribution in [3.63, 3.8) is 0 Å². The van der Waals surface area contributed by atoms with Gasteiger partial charge in [-0.3, -0.25) is 4.79 Å². The van der Waals surface area contributed by atoms with Crippen molar-refractivity contribution in [2.75, 3.05) is 5.73 Å². The van der Waals surface area contributed by atoms with Gasteiger partial charge in [0.1, 0.15) is 6.04 Å². The van der Waals surface area contributed by atoms with Gasteiger partial charge in [0, 0.05) is 23.4 Å². The molecular weight excluding hydrogens is 513 g/mol. The standard InChI is InChI=1S/C27H27F3N6O3/c1-3-16-6-9-22(36-11-10-15(2)35-36)19(12-16)24(27(28,29)30)39-23-14-21(33-26(32)34-23)18-7-4-17(5-8-18)13-20(31)25(37)38/h4-12,14,20,24H,3,13,31H2,1-2H3,(H,37,38)(H2,32,33,34). The Kier molecular flexibility index (Phi) is 7.86. The van der Waals surface area contributed by atoms with Crippen molar-refractivity contribution >= 4 is 11.9 Å². The van der Waals surface area contributed by atoms with Crippen molar-refractivity contribution in [1.29, 1.82) is 0 Å². The highest BCUT2D eigenvalue weighted by atomic mass is 19.4. The van der Waals surface area contributed by atoms with Gasteiger partial charge >= 0.3 is 12.1 Å². The quantitative estimate of drug-likeness (QED) is 0.283. The van der Waals surface area contributed by atoms with Gasteiger partial charge in [0.2, 0.25) is 17.9 Å². The Bertz CT molecular complexity index is 1470. The van der Waals surface area contributed by atoms with E-state index >= 15 is 0 Å². The van der Waals surface area contributed by atoms with Crippen molar-refractivity contribution in [3.05, 3.63) is 83.2 Å². The van der Waals surface area contributed by atoms with Crippen molar-refractivity contribution in [2.45, 2.75) is 45.0 Å². The van der Waals surface area contributed by atoms with Crippen LogP contribution in [0, 0.1) is 6.92 Å². The summed E-state index contributed by atoms with van der Waals surface area (Å²) in [7, 11) is 0. The number of anilines is 1. The summed E-state index contributed by atoms with van der Waals surface area (Å²) in [5, 5.41) is 13.3. The summed E-state index contributed by atoms with van der Waals surface area (Å²) >= 11 is 0. The zero-order valence-electron chi connectivity index (χ0n) is 21.2. The number of carbonyl (C=O) groups is 1. The third-order valence-corrected chi connectivity index (χ3v) is 6.03. The van der Waals surface area contributed by atoms with E-state index in [2.05, 4.69) is 15.1 Å². The number of nitrogens with two attached hydrogens (primary N) is 2. The van der Waals surface area contributed by atoms with Crippen LogP contribution in [0.1, 0.15) is 35.4 Å². The Morgan fingerprint density at radius 3 is 2.36 bits per heavy atom. The van der Waals surface area contributed by atoms with E-state index < -0.39 is 24.3 Å². The third-order valence-electron chi connectivity index (χ3n) is 6.03. The topological polar surface area (TPSA) is 142 Å². The highest BCUT2D eigenvalue weighted by Crippen LogP contribution is 2.40. The monoisotopic (exact) mass is 540 g/mol. The number of benzene rings is 2. The van der Waals surface area contributed by atoms with E-state index in [9.17, 15) is 18.0 Å². The largest absolute Gasteiger partial charge is 0.480 e. The first kappa shape index (κ1) is 27.6. The molecule has 0 aliphatic rings. The van der Waals surface area contributed by atoms with Crippen LogP contribution >= 0.6 is 0 Å². The second-order valence-electron chi connectivity index (χ2n) is 8.98. The lowest BCUT2D eigenvalue weighted by atomic mass is 10.0. The maximum Gasteiger partial charge on any atom is 0.429 e. The predicted molar refractivity (Wildman–Crippen MR) is 138 cm³/mol. The minimum atomic E-state index is -4.80. The number of halogens is 3. The van der Waals surface area contributed by atoms with Gasteiger partial charge < -0.3 is 21.3 Å². The Hall–Kier alpha value is -4.45. The number of alkyl halides is 3. The Morgan fingerprint density at radius 1 is 1.08 bits per heavy atom. The smallest absolute Gasteiger partial charge is 0.429 e. The molecule has 0 aliphatic heterocycles. The lowest BCUT2D eigenvalue weighted by Crippen LogP contribution is -2.32. The summed E-state index contributed by atoms with van der Waals surface area (Å²) in [5.74, 6) is -1.76. The highest BCUT2D eigenvalue weighted by molar-refractivity contribution is 5.73. The number of aromatic nitrogens is 4. The molecule has 2 aromatic heterocycles. The van der Waals surface area contributed by atoms with Crippen molar-refractivity contribution in [1.82, 2.24) is 19.7 Å². The lowest BCUT2D eigenvalue weighted by molar-refractivity contribution is -0.198. The number of nitrogens with zero attached hydrogens (tertiary/aromatic N) is 4. The molecule has 0 fully saturated rings. The molecule has 0 bridgehead atoms. The summed E-state index contributed by atoms with van der Waals surface area (Å²) in [6.45, 7) is 3.59. The van der Waals surface area contributed by atoms with Crippen LogP contribution in [0.15, 0.2) is 60.8 Å². The number of hydrogen-bond acceptors (Lipinski definition) is 7. The van der Waals surface area contributed by atoms with Crippen LogP contribution in [0.25, 0.3) is 16.9 Å². The first-order valence-electron chi connectivity index (χ1n) is 12.1. The van der Waals surface area contributed by atoms with E-state index in [1.54, 1.807) is 55.6 Å². The number of hydrogen-bond donors (Lipinski definition) is 3. The number of rotatable bonds is 9. The van der Waals surface area contributed by atoms with Crippen LogP contribution in [0.3, 0.4) is 0 Å². The molecule has 0 radical (unpaired) electrons. The van der Waals surface area contributed by atoms with E-state index in [0.717, 1.165) is 0 Å². The average Bonchev–Trinajstić information content (AvgIpc) is 3.32. The summed E-state index contributed by atoms with van der Waals surface area (Å²) in [4.78, 5) is 19.0. The molecule has 0 aliphatic carbocycles. The molecule has 0 spiro atoms. The molecule has 12 heteroatoms. The fourth-order valence-electron chi connectivity index (χ4n) is 4.02. The van der Waals surface area contributed by atoms with Crippen LogP contribution in [-0.2, 0) is 17.6 Å². The molecule has 0 saturated carbocycles. The van der Waals surface area contributed by atoms with Crippen LogP contribution in [0.2, 0.25) is 0 Å². The molecule has 0 amide bonds. The Balaban J connectivity index is 1.71. The average molecular weight is 541 g/mol. The first-order valence-corrected chi connectivity index (χ1v) is 12.1. The van der Waals surface area contributed by atoms with Gasteiger partial charge in [-0.15, -0.1) is 0 Å². The lowest BCUT2D eigenvalue weighted by Gasteiger charge is -2.24. The summed E-state index contributed by atoms with van der Waals surface area (Å²) < 4.78 is 50.3. The second kappa shape index (κ2) is 11.1. The van der Waals surface area contributed by atoms with E-state index in [1.807, 2.05) is 6.92 Å². The zero-order chi connectivity index (χ0) is 28.3. The molecule has 2 atom stereocenters. The maximum absolute atomic E-state index is 14.5. The first-order chi connectivity index (χ1) is 18.4. The molecule has 5 N–H and O–H groups in total. The number of nitrogen functional groups attached to an aromatic ring is 1. The van der Waals surface area contributed by atoms with Gasteiger partial charge in [-0.25, -0.2) is 9.67 Å². The molecule has 204 valence electrons. The molecule has 4 rings (SSSR count). The summed E-state index contributed by atoms with van der Waals surface area (Å²) in [5.41, 5.74) is 14.3. The van der Waals surface area contributed by atoms with Gasteiger partial charge in [-0.2, -0.15) is 23.3 Å². The van der Waals surface area contributed by atoms with Crippen molar-refractivity contribution in [2.24, 2.45) is 5.73 Å². The number of carboxylic acid groups (broad SMARTS) is 1. The van der Waals surface area contributed by atoms with Crippen molar-refractivity contribution < 1.29 is 27.8 Å².